The van der Waals surface area contributed by atoms with Crippen molar-refractivity contribution in [3.05, 3.63) is 23.8 Å². The van der Waals surface area contributed by atoms with Gasteiger partial charge in [-0.3, -0.25) is 0 Å². The van der Waals surface area contributed by atoms with E-state index in [-0.39, 0.29) is 0 Å². The molecule has 1 atom stereocenters. The summed E-state index contributed by atoms with van der Waals surface area (Å²) in [6.07, 6.45) is 1.92. The van der Waals surface area contributed by atoms with E-state index in [1.54, 1.807) is 0 Å². The number of rotatable bonds is 5. The lowest BCUT2D eigenvalue weighted by molar-refractivity contribution is 0.172. The van der Waals surface area contributed by atoms with E-state index in [0.717, 1.165) is 24.3 Å². The van der Waals surface area contributed by atoms with Gasteiger partial charge in [0, 0.05) is 6.04 Å². The lowest BCUT2D eigenvalue weighted by Gasteiger charge is -2.24. The first-order valence-corrected chi connectivity index (χ1v) is 5.96. The third kappa shape index (κ3) is 2.70. The third-order valence-corrected chi connectivity index (χ3v) is 3.16. The number of nitrogens with two attached hydrogens (primary N) is 1. The van der Waals surface area contributed by atoms with Crippen LogP contribution in [0.2, 0.25) is 0 Å². The number of ether oxygens (including phenoxy) is 2. The third-order valence-electron chi connectivity index (χ3n) is 3.16. The molecule has 1 aromatic carbocycles. The van der Waals surface area contributed by atoms with Crippen molar-refractivity contribution in [3.8, 4) is 11.5 Å². The summed E-state index contributed by atoms with van der Waals surface area (Å²) in [4.78, 5) is 2.21. The number of para-hydroxylation sites is 1. The van der Waals surface area contributed by atoms with Crippen molar-refractivity contribution in [2.45, 2.75) is 18.9 Å². The van der Waals surface area contributed by atoms with E-state index >= 15 is 0 Å². The zero-order valence-electron chi connectivity index (χ0n) is 10.5. The van der Waals surface area contributed by atoms with Crippen LogP contribution in [0.4, 0.5) is 0 Å². The van der Waals surface area contributed by atoms with E-state index in [2.05, 4.69) is 25.1 Å². The number of nitrogens with zero attached hydrogens (tertiary/aromatic N) is 1. The van der Waals surface area contributed by atoms with Crippen LogP contribution in [0, 0.1) is 0 Å². The van der Waals surface area contributed by atoms with Crippen molar-refractivity contribution in [1.29, 1.82) is 0 Å². The maximum atomic E-state index is 5.65. The molecule has 1 aromatic rings. The fraction of sp³-hybridized carbons (Fsp3) is 0.538. The lowest BCUT2D eigenvalue weighted by atomic mass is 10.0. The molecule has 0 fully saturated rings. The fourth-order valence-electron chi connectivity index (χ4n) is 2.14. The van der Waals surface area contributed by atoms with Gasteiger partial charge in [-0.2, -0.15) is 0 Å². The van der Waals surface area contributed by atoms with Crippen LogP contribution in [0.15, 0.2) is 18.2 Å². The van der Waals surface area contributed by atoms with Crippen molar-refractivity contribution in [3.63, 3.8) is 0 Å². The average Bonchev–Trinajstić information content (AvgIpc) is 2.77. The summed E-state index contributed by atoms with van der Waals surface area (Å²) in [7, 11) is 4.17. The van der Waals surface area contributed by atoms with Gasteiger partial charge >= 0.3 is 0 Å². The summed E-state index contributed by atoms with van der Waals surface area (Å²) in [5, 5.41) is 0. The molecule has 1 aliphatic rings. The Morgan fingerprint density at radius 1 is 1.35 bits per heavy atom. The highest BCUT2D eigenvalue weighted by molar-refractivity contribution is 5.48. The van der Waals surface area contributed by atoms with Gasteiger partial charge in [-0.15, -0.1) is 0 Å². The molecule has 17 heavy (non-hydrogen) atoms. The van der Waals surface area contributed by atoms with E-state index in [0.29, 0.717) is 19.4 Å². The second-order valence-electron chi connectivity index (χ2n) is 4.55. The highest BCUT2D eigenvalue weighted by atomic mass is 16.7. The van der Waals surface area contributed by atoms with Crippen molar-refractivity contribution >= 4 is 0 Å². The van der Waals surface area contributed by atoms with E-state index in [9.17, 15) is 0 Å². The van der Waals surface area contributed by atoms with Crippen LogP contribution < -0.4 is 15.2 Å². The molecule has 0 amide bonds. The van der Waals surface area contributed by atoms with Gasteiger partial charge in [-0.25, -0.2) is 0 Å². The Labute approximate surface area is 102 Å². The van der Waals surface area contributed by atoms with Crippen LogP contribution >= 0.6 is 0 Å². The van der Waals surface area contributed by atoms with Gasteiger partial charge in [-0.05, 0) is 45.1 Å². The molecule has 1 unspecified atom stereocenters. The number of hydrogen-bond acceptors (Lipinski definition) is 4. The Bertz CT molecular complexity index is 380. The smallest absolute Gasteiger partial charge is 0.231 e. The monoisotopic (exact) mass is 236 g/mol. The van der Waals surface area contributed by atoms with Gasteiger partial charge in [0.05, 0.1) is 0 Å². The molecule has 0 saturated carbocycles. The van der Waals surface area contributed by atoms with Crippen LogP contribution in [-0.4, -0.2) is 38.4 Å². The zero-order valence-corrected chi connectivity index (χ0v) is 10.5. The predicted molar refractivity (Wildman–Crippen MR) is 67.4 cm³/mol. The fourth-order valence-corrected chi connectivity index (χ4v) is 2.14. The summed E-state index contributed by atoms with van der Waals surface area (Å²) in [6.45, 7) is 1.03. The number of fused-ring (bicyclic) bond motifs is 1. The molecule has 1 heterocycles. The Kier molecular flexibility index (Phi) is 3.86. The summed E-state index contributed by atoms with van der Waals surface area (Å²) in [5.74, 6) is 1.75. The summed E-state index contributed by atoms with van der Waals surface area (Å²) in [6, 6.07) is 6.49. The highest BCUT2D eigenvalue weighted by Crippen LogP contribution is 2.36. The molecule has 94 valence electrons. The van der Waals surface area contributed by atoms with Gasteiger partial charge in [0.1, 0.15) is 0 Å². The molecule has 0 radical (unpaired) electrons. The number of benzene rings is 1. The van der Waals surface area contributed by atoms with Crippen LogP contribution in [0.5, 0.6) is 11.5 Å². The first kappa shape index (κ1) is 12.2. The Morgan fingerprint density at radius 2 is 2.18 bits per heavy atom. The Balaban J connectivity index is 2.14. The largest absolute Gasteiger partial charge is 0.454 e. The van der Waals surface area contributed by atoms with Gasteiger partial charge in [0.15, 0.2) is 11.5 Å². The van der Waals surface area contributed by atoms with E-state index < -0.39 is 0 Å². The van der Waals surface area contributed by atoms with E-state index in [1.165, 1.54) is 5.56 Å². The van der Waals surface area contributed by atoms with Gasteiger partial charge in [0.25, 0.3) is 0 Å². The molecular formula is C13H20N2O2. The van der Waals surface area contributed by atoms with Crippen LogP contribution in [0.25, 0.3) is 0 Å². The average molecular weight is 236 g/mol. The minimum atomic E-state index is 0.329. The van der Waals surface area contributed by atoms with Crippen LogP contribution in [0.3, 0.4) is 0 Å². The quantitative estimate of drug-likeness (QED) is 0.835. The van der Waals surface area contributed by atoms with Crippen LogP contribution in [0.1, 0.15) is 12.0 Å². The second kappa shape index (κ2) is 5.38. The minimum absolute atomic E-state index is 0.329. The molecule has 4 heteroatoms. The summed E-state index contributed by atoms with van der Waals surface area (Å²) in [5.41, 5.74) is 6.85. The molecule has 0 aromatic heterocycles. The van der Waals surface area contributed by atoms with E-state index in [1.807, 2.05) is 12.1 Å². The molecular weight excluding hydrogens is 216 g/mol. The predicted octanol–water partition coefficient (Wildman–Crippen LogP) is 1.24. The molecule has 1 aliphatic heterocycles. The molecule has 0 spiro atoms. The van der Waals surface area contributed by atoms with Gasteiger partial charge < -0.3 is 20.1 Å². The molecule has 2 rings (SSSR count). The van der Waals surface area contributed by atoms with Crippen LogP contribution in [-0.2, 0) is 6.42 Å². The lowest BCUT2D eigenvalue weighted by Crippen LogP contribution is -2.32. The van der Waals surface area contributed by atoms with Crippen molar-refractivity contribution in [1.82, 2.24) is 4.90 Å². The standard InChI is InChI=1S/C13H20N2O2/c1-15(2)11(6-7-14)8-10-4-3-5-12-13(10)17-9-16-12/h3-5,11H,6-9,14H2,1-2H3. The first-order valence-electron chi connectivity index (χ1n) is 5.96. The summed E-state index contributed by atoms with van der Waals surface area (Å²) >= 11 is 0. The van der Waals surface area contributed by atoms with Gasteiger partial charge in [-0.1, -0.05) is 12.1 Å². The molecule has 2 N–H and O–H groups in total. The normalized spacial score (nSPS) is 15.3. The topological polar surface area (TPSA) is 47.7 Å². The molecule has 4 nitrogen and oxygen atoms in total. The van der Waals surface area contributed by atoms with Crippen molar-refractivity contribution in [2.24, 2.45) is 5.73 Å². The van der Waals surface area contributed by atoms with E-state index in [4.69, 9.17) is 15.2 Å². The zero-order chi connectivity index (χ0) is 12.3. The second-order valence-corrected chi connectivity index (χ2v) is 4.55. The Morgan fingerprint density at radius 3 is 2.88 bits per heavy atom. The first-order chi connectivity index (χ1) is 8.22. The summed E-state index contributed by atoms with van der Waals surface area (Å²) < 4.78 is 10.9. The SMILES string of the molecule is CN(C)C(CCN)Cc1cccc2c1OCO2. The van der Waals surface area contributed by atoms with Crippen molar-refractivity contribution in [2.75, 3.05) is 27.4 Å². The Hall–Kier alpha value is -1.26. The molecule has 0 saturated heterocycles. The maximum Gasteiger partial charge on any atom is 0.231 e. The molecule has 0 aliphatic carbocycles. The number of likely N-dealkylation sites (N-methyl/N-ethyl adjacent to an activating group) is 1. The molecule has 0 bridgehead atoms. The van der Waals surface area contributed by atoms with Gasteiger partial charge in [0.2, 0.25) is 6.79 Å². The maximum absolute atomic E-state index is 5.65. The minimum Gasteiger partial charge on any atom is -0.454 e. The number of hydrogen-bond donors (Lipinski definition) is 1. The van der Waals surface area contributed by atoms with Crippen molar-refractivity contribution < 1.29 is 9.47 Å². The highest BCUT2D eigenvalue weighted by Gasteiger charge is 2.20.